The van der Waals surface area contributed by atoms with Gasteiger partial charge in [-0.25, -0.2) is 0 Å². The van der Waals surface area contributed by atoms with E-state index in [-0.39, 0.29) is 45.4 Å². The van der Waals surface area contributed by atoms with Crippen molar-refractivity contribution >= 4 is 44.3 Å². The van der Waals surface area contributed by atoms with Crippen LogP contribution in [0.15, 0.2) is 69.9 Å². The molecule has 0 spiro atoms. The highest BCUT2D eigenvalue weighted by molar-refractivity contribution is 14.1. The minimum absolute atomic E-state index is 0.0311. The maximum Gasteiger partial charge on any atom is 0.339 e. The third kappa shape index (κ3) is 6.88. The van der Waals surface area contributed by atoms with E-state index in [2.05, 4.69) is 55.2 Å². The maximum absolute atomic E-state index is 14.1. The molecule has 242 valence electrons. The van der Waals surface area contributed by atoms with E-state index in [1.54, 1.807) is 31.4 Å². The smallest absolute Gasteiger partial charge is 0.339 e. The van der Waals surface area contributed by atoms with Crippen molar-refractivity contribution in [3.63, 3.8) is 0 Å². The minimum Gasteiger partial charge on any atom is -0.490 e. The zero-order valence-electron chi connectivity index (χ0n) is 26.9. The van der Waals surface area contributed by atoms with Gasteiger partial charge in [0.2, 0.25) is 0 Å². The van der Waals surface area contributed by atoms with Crippen molar-refractivity contribution in [2.24, 2.45) is 10.8 Å². The number of Topliss-reactive ketones (excluding diaryl/α,β-unsaturated/α-hetero) is 2. The lowest BCUT2D eigenvalue weighted by molar-refractivity contribution is -0.119. The Morgan fingerprint density at radius 2 is 1.49 bits per heavy atom. The van der Waals surface area contributed by atoms with Gasteiger partial charge in [-0.2, -0.15) is 8.42 Å². The number of allylic oxidation sites excluding steroid dienone is 4. The fourth-order valence-electron chi connectivity index (χ4n) is 6.86. The van der Waals surface area contributed by atoms with Crippen LogP contribution in [0.3, 0.4) is 0 Å². The molecule has 0 N–H and O–H groups in total. The van der Waals surface area contributed by atoms with E-state index in [4.69, 9.17) is 13.7 Å². The molecule has 0 bridgehead atoms. The fourth-order valence-corrected chi connectivity index (χ4v) is 8.72. The number of rotatable bonds is 10. The third-order valence-electron chi connectivity index (χ3n) is 8.64. The van der Waals surface area contributed by atoms with Crippen LogP contribution in [0, 0.1) is 14.4 Å². The number of carbonyl (C=O) groups is 2. The monoisotopic (exact) mass is 747 g/mol. The summed E-state index contributed by atoms with van der Waals surface area (Å²) < 4.78 is 44.0. The first-order valence-electron chi connectivity index (χ1n) is 15.4. The van der Waals surface area contributed by atoms with Gasteiger partial charge in [-0.1, -0.05) is 45.9 Å². The second-order valence-corrected chi connectivity index (χ2v) is 16.4. The van der Waals surface area contributed by atoms with Crippen LogP contribution in [0.1, 0.15) is 78.2 Å². The normalized spacial score (nSPS) is 19.8. The van der Waals surface area contributed by atoms with Gasteiger partial charge in [0, 0.05) is 61.6 Å². The van der Waals surface area contributed by atoms with Crippen LogP contribution in [0.5, 0.6) is 11.5 Å². The number of methoxy groups -OCH3 is 1. The van der Waals surface area contributed by atoms with Crippen molar-refractivity contribution in [2.75, 3.05) is 26.9 Å². The molecule has 1 heterocycles. The van der Waals surface area contributed by atoms with Gasteiger partial charge in [-0.3, -0.25) is 9.59 Å². The Morgan fingerprint density at radius 3 is 2.02 bits per heavy atom. The number of ketones is 2. The summed E-state index contributed by atoms with van der Waals surface area (Å²) in [7, 11) is -2.46. The van der Waals surface area contributed by atoms with Gasteiger partial charge in [-0.15, -0.1) is 0 Å². The highest BCUT2D eigenvalue weighted by Gasteiger charge is 2.49. The van der Waals surface area contributed by atoms with Crippen LogP contribution >= 0.6 is 22.6 Å². The molecule has 2 aromatic carbocycles. The Balaban J connectivity index is 1.71. The topological polar surface area (TPSA) is 99.2 Å². The van der Waals surface area contributed by atoms with E-state index in [0.717, 1.165) is 17.8 Å². The number of carbonyl (C=O) groups excluding carboxylic acids is 2. The molecule has 2 aliphatic carbocycles. The molecule has 5 rings (SSSR count). The van der Waals surface area contributed by atoms with Gasteiger partial charge < -0.3 is 18.6 Å². The number of hydrogen-bond donors (Lipinski definition) is 0. The Bertz CT molecular complexity index is 1620. The second kappa shape index (κ2) is 12.8. The highest BCUT2D eigenvalue weighted by Crippen LogP contribution is 2.55. The standard InChI is InChI=1S/C35H42INO7S/c1-7-43-29-17-22(16-24(36)33(29)44-45(40,41)23-12-9-8-10-13-23)30-31-25(18-34(2,3)20-27(31)38)37(14-11-15-42-6)26-19-35(4,5)21-28(39)32(26)30/h8-10,12-13,16-17,30H,7,11,14-15,18-21H2,1-6H3. The summed E-state index contributed by atoms with van der Waals surface area (Å²) in [4.78, 5) is 30.6. The first-order chi connectivity index (χ1) is 21.2. The van der Waals surface area contributed by atoms with E-state index in [1.165, 1.54) is 12.1 Å². The summed E-state index contributed by atoms with van der Waals surface area (Å²) in [5, 5.41) is 0. The molecule has 0 unspecified atom stereocenters. The van der Waals surface area contributed by atoms with Crippen LogP contribution in [-0.4, -0.2) is 51.8 Å². The van der Waals surface area contributed by atoms with Crippen molar-refractivity contribution in [1.29, 1.82) is 0 Å². The number of hydrogen-bond acceptors (Lipinski definition) is 8. The van der Waals surface area contributed by atoms with Gasteiger partial charge >= 0.3 is 10.1 Å². The van der Waals surface area contributed by atoms with E-state index in [1.807, 2.05) is 13.0 Å². The Morgan fingerprint density at radius 1 is 0.911 bits per heavy atom. The molecular weight excluding hydrogens is 705 g/mol. The van der Waals surface area contributed by atoms with Crippen LogP contribution in [0.2, 0.25) is 0 Å². The average molecular weight is 748 g/mol. The average Bonchev–Trinajstić information content (AvgIpc) is 2.94. The molecule has 10 heteroatoms. The van der Waals surface area contributed by atoms with Crippen molar-refractivity contribution in [3.05, 3.63) is 74.1 Å². The van der Waals surface area contributed by atoms with E-state index < -0.39 is 16.0 Å². The van der Waals surface area contributed by atoms with Crippen LogP contribution in [-0.2, 0) is 24.4 Å². The number of ether oxygens (including phenoxy) is 2. The lowest BCUT2D eigenvalue weighted by Gasteiger charge is -2.49. The Labute approximate surface area is 280 Å². The molecule has 0 aromatic heterocycles. The largest absolute Gasteiger partial charge is 0.490 e. The number of nitrogens with zero attached hydrogens (tertiary/aromatic N) is 1. The Kier molecular flexibility index (Phi) is 9.60. The third-order valence-corrected chi connectivity index (χ3v) is 10.7. The Hall–Kier alpha value is -2.70. The summed E-state index contributed by atoms with van der Waals surface area (Å²) in [6, 6.07) is 11.5. The van der Waals surface area contributed by atoms with E-state index in [9.17, 15) is 18.0 Å². The predicted octanol–water partition coefficient (Wildman–Crippen LogP) is 7.18. The van der Waals surface area contributed by atoms with E-state index >= 15 is 0 Å². The highest BCUT2D eigenvalue weighted by atomic mass is 127. The molecule has 0 atom stereocenters. The summed E-state index contributed by atoms with van der Waals surface area (Å²) in [6.07, 6.45) is 2.92. The van der Waals surface area contributed by atoms with Crippen molar-refractivity contribution in [2.45, 2.75) is 77.5 Å². The van der Waals surface area contributed by atoms with E-state index in [0.29, 0.717) is 59.1 Å². The molecular formula is C35H42INO7S. The molecule has 1 aliphatic heterocycles. The SMILES string of the molecule is CCOc1cc(C2C3=C(CC(C)(C)CC3=O)N(CCCOC)C3=C2C(=O)CC(C)(C)C3)cc(I)c1OS(=O)(=O)c1ccccc1. The van der Waals surface area contributed by atoms with Crippen LogP contribution in [0.4, 0.5) is 0 Å². The van der Waals surface area contributed by atoms with Crippen molar-refractivity contribution in [1.82, 2.24) is 4.90 Å². The summed E-state index contributed by atoms with van der Waals surface area (Å²) in [6.45, 7) is 11.8. The molecule has 45 heavy (non-hydrogen) atoms. The molecule has 8 nitrogen and oxygen atoms in total. The van der Waals surface area contributed by atoms with Gasteiger partial charge in [0.05, 0.1) is 10.2 Å². The summed E-state index contributed by atoms with van der Waals surface area (Å²) >= 11 is 2.05. The van der Waals surface area contributed by atoms with Crippen LogP contribution in [0.25, 0.3) is 0 Å². The lowest BCUT2D eigenvalue weighted by Crippen LogP contribution is -2.44. The second-order valence-electron chi connectivity index (χ2n) is 13.6. The van der Waals surface area contributed by atoms with Crippen molar-refractivity contribution < 1.29 is 31.7 Å². The van der Waals surface area contributed by atoms with Gasteiger partial charge in [-0.05, 0) is 89.4 Å². The molecule has 0 amide bonds. The molecule has 0 saturated carbocycles. The minimum atomic E-state index is -4.14. The molecule has 0 saturated heterocycles. The van der Waals surface area contributed by atoms with Gasteiger partial charge in [0.15, 0.2) is 23.1 Å². The number of halogens is 1. The van der Waals surface area contributed by atoms with Crippen molar-refractivity contribution in [3.8, 4) is 11.5 Å². The molecule has 0 fully saturated rings. The summed E-state index contributed by atoms with van der Waals surface area (Å²) in [5.41, 5.74) is 3.50. The summed E-state index contributed by atoms with van der Waals surface area (Å²) in [5.74, 6) is -0.191. The zero-order valence-corrected chi connectivity index (χ0v) is 29.8. The molecule has 0 radical (unpaired) electrons. The first-order valence-corrected chi connectivity index (χ1v) is 17.9. The molecule has 3 aliphatic rings. The number of benzene rings is 2. The lowest BCUT2D eigenvalue weighted by atomic mass is 9.63. The van der Waals surface area contributed by atoms with Gasteiger partial charge in [0.25, 0.3) is 0 Å². The fraction of sp³-hybridized carbons (Fsp3) is 0.486. The molecule has 2 aromatic rings. The zero-order chi connectivity index (χ0) is 32.7. The van der Waals surface area contributed by atoms with Crippen LogP contribution < -0.4 is 8.92 Å². The predicted molar refractivity (Wildman–Crippen MR) is 181 cm³/mol. The quantitative estimate of drug-likeness (QED) is 0.143. The first kappa shape index (κ1) is 33.7. The maximum atomic E-state index is 14.1. The van der Waals surface area contributed by atoms with Gasteiger partial charge in [0.1, 0.15) is 4.90 Å².